The summed E-state index contributed by atoms with van der Waals surface area (Å²) < 4.78 is 17.2. The van der Waals surface area contributed by atoms with Crippen molar-refractivity contribution in [2.75, 3.05) is 38.8 Å². The molecule has 1 aliphatic rings. The van der Waals surface area contributed by atoms with Crippen LogP contribution in [0.25, 0.3) is 21.9 Å². The highest BCUT2D eigenvalue weighted by molar-refractivity contribution is 6.01. The quantitative estimate of drug-likeness (QED) is 0.780. The van der Waals surface area contributed by atoms with E-state index in [-0.39, 0.29) is 5.92 Å². The van der Waals surface area contributed by atoms with Crippen LogP contribution in [0.15, 0.2) is 54.9 Å². The van der Waals surface area contributed by atoms with Crippen LogP contribution in [0, 0.1) is 5.92 Å². The van der Waals surface area contributed by atoms with Crippen LogP contribution in [0.2, 0.25) is 0 Å². The summed E-state index contributed by atoms with van der Waals surface area (Å²) in [7, 11) is 0. The summed E-state index contributed by atoms with van der Waals surface area (Å²) in [6.45, 7) is 3.21. The Morgan fingerprint density at radius 3 is 2.50 bits per heavy atom. The average Bonchev–Trinajstić information content (AvgIpc) is 2.96. The molecular weight excluding hydrogens is 328 g/mol. The summed E-state index contributed by atoms with van der Waals surface area (Å²) in [6, 6.07) is 14.1. The normalized spacial score (nSPS) is 15.7. The van der Waals surface area contributed by atoms with E-state index in [1.54, 1.807) is 12.4 Å². The minimum atomic E-state index is 0.241. The van der Waals surface area contributed by atoms with Gasteiger partial charge in [0.1, 0.15) is 5.75 Å². The van der Waals surface area contributed by atoms with Crippen molar-refractivity contribution in [1.29, 1.82) is 0 Å². The largest absolute Gasteiger partial charge is 0.492 e. The van der Waals surface area contributed by atoms with E-state index in [0.29, 0.717) is 38.7 Å². The molecule has 0 unspecified atom stereocenters. The number of ether oxygens (including phenoxy) is 3. The number of rotatable bonds is 4. The lowest BCUT2D eigenvalue weighted by Gasteiger charge is -2.17. The van der Waals surface area contributed by atoms with E-state index >= 15 is 0 Å². The maximum absolute atomic E-state index is 6.15. The lowest BCUT2D eigenvalue weighted by molar-refractivity contribution is 0.101. The molecule has 0 atom stereocenters. The third-order valence-corrected chi connectivity index (χ3v) is 4.58. The molecule has 0 bridgehead atoms. The van der Waals surface area contributed by atoms with Gasteiger partial charge in [-0.25, -0.2) is 0 Å². The van der Waals surface area contributed by atoms with Gasteiger partial charge in [0.05, 0.1) is 33.0 Å². The van der Waals surface area contributed by atoms with Crippen LogP contribution in [-0.2, 0) is 9.47 Å². The highest BCUT2D eigenvalue weighted by atomic mass is 16.5. The molecule has 1 fully saturated rings. The van der Waals surface area contributed by atoms with Crippen molar-refractivity contribution in [3.05, 3.63) is 54.9 Å². The summed E-state index contributed by atoms with van der Waals surface area (Å²) in [4.78, 5) is 4.22. The summed E-state index contributed by atoms with van der Waals surface area (Å²) in [5.74, 6) is 1.10. The Kier molecular flexibility index (Phi) is 5.00. The second-order valence-corrected chi connectivity index (χ2v) is 6.45. The molecule has 2 heterocycles. The second-order valence-electron chi connectivity index (χ2n) is 6.45. The zero-order valence-corrected chi connectivity index (χ0v) is 14.6. The monoisotopic (exact) mass is 350 g/mol. The van der Waals surface area contributed by atoms with Crippen molar-refractivity contribution in [1.82, 2.24) is 4.98 Å². The first-order chi connectivity index (χ1) is 12.8. The van der Waals surface area contributed by atoms with Gasteiger partial charge in [0.25, 0.3) is 0 Å². The highest BCUT2D eigenvalue weighted by Gasteiger charge is 2.16. The van der Waals surface area contributed by atoms with Gasteiger partial charge in [0, 0.05) is 34.9 Å². The summed E-state index contributed by atoms with van der Waals surface area (Å²) in [5.41, 5.74) is 8.85. The van der Waals surface area contributed by atoms with Gasteiger partial charge in [-0.1, -0.05) is 24.3 Å². The topological polar surface area (TPSA) is 66.6 Å². The molecule has 0 aliphatic carbocycles. The number of hydrogen-bond donors (Lipinski definition) is 1. The zero-order valence-electron chi connectivity index (χ0n) is 14.6. The Morgan fingerprint density at radius 1 is 0.962 bits per heavy atom. The molecule has 4 rings (SSSR count). The lowest BCUT2D eigenvalue weighted by Crippen LogP contribution is -2.20. The van der Waals surface area contributed by atoms with E-state index in [1.807, 2.05) is 30.3 Å². The van der Waals surface area contributed by atoms with Crippen LogP contribution in [0.1, 0.15) is 0 Å². The Balaban J connectivity index is 1.65. The van der Waals surface area contributed by atoms with Crippen LogP contribution in [0.4, 0.5) is 5.69 Å². The SMILES string of the molecule is Nc1ccncc1-c1ccc(OCC2COCCOC2)c2ccccc12. The smallest absolute Gasteiger partial charge is 0.127 e. The maximum Gasteiger partial charge on any atom is 0.127 e. The molecule has 0 radical (unpaired) electrons. The average molecular weight is 350 g/mol. The molecule has 1 aromatic heterocycles. The fraction of sp³-hybridized carbons (Fsp3) is 0.286. The first-order valence-corrected chi connectivity index (χ1v) is 8.83. The number of nitrogens with zero attached hydrogens (tertiary/aromatic N) is 1. The van der Waals surface area contributed by atoms with Crippen molar-refractivity contribution in [2.24, 2.45) is 5.92 Å². The van der Waals surface area contributed by atoms with Crippen molar-refractivity contribution in [3.8, 4) is 16.9 Å². The molecule has 134 valence electrons. The molecule has 26 heavy (non-hydrogen) atoms. The number of anilines is 1. The molecule has 0 amide bonds. The van der Waals surface area contributed by atoms with E-state index in [4.69, 9.17) is 19.9 Å². The zero-order chi connectivity index (χ0) is 17.8. The van der Waals surface area contributed by atoms with Gasteiger partial charge in [-0.05, 0) is 29.1 Å². The standard InChI is InChI=1S/C21H22N2O3/c22-20-7-8-23-11-19(20)17-5-6-21(18-4-2-1-3-16(17)18)26-14-15-12-24-9-10-25-13-15/h1-8,11,15H,9-10,12-14H2,(H2,22,23). The first kappa shape index (κ1) is 16.8. The van der Waals surface area contributed by atoms with Crippen LogP contribution in [0.5, 0.6) is 5.75 Å². The Morgan fingerprint density at radius 2 is 1.73 bits per heavy atom. The number of nitrogens with two attached hydrogens (primary N) is 1. The summed E-state index contributed by atoms with van der Waals surface area (Å²) >= 11 is 0. The Labute approximate surface area is 152 Å². The van der Waals surface area contributed by atoms with Crippen molar-refractivity contribution in [3.63, 3.8) is 0 Å². The number of fused-ring (bicyclic) bond motifs is 1. The van der Waals surface area contributed by atoms with Gasteiger partial charge in [0.2, 0.25) is 0 Å². The van der Waals surface area contributed by atoms with Gasteiger partial charge in [-0.3, -0.25) is 4.98 Å². The third-order valence-electron chi connectivity index (χ3n) is 4.58. The molecule has 0 spiro atoms. The van der Waals surface area contributed by atoms with Crippen molar-refractivity contribution >= 4 is 16.5 Å². The fourth-order valence-electron chi connectivity index (χ4n) is 3.23. The highest BCUT2D eigenvalue weighted by Crippen LogP contribution is 2.36. The van der Waals surface area contributed by atoms with Gasteiger partial charge >= 0.3 is 0 Å². The van der Waals surface area contributed by atoms with E-state index in [9.17, 15) is 0 Å². The van der Waals surface area contributed by atoms with E-state index in [0.717, 1.165) is 27.6 Å². The molecule has 2 aromatic carbocycles. The van der Waals surface area contributed by atoms with Crippen LogP contribution >= 0.6 is 0 Å². The number of nitrogen functional groups attached to an aromatic ring is 1. The summed E-state index contributed by atoms with van der Waals surface area (Å²) in [5, 5.41) is 2.15. The van der Waals surface area contributed by atoms with Crippen LogP contribution in [-0.4, -0.2) is 38.0 Å². The Hall–Kier alpha value is -2.63. The van der Waals surface area contributed by atoms with Gasteiger partial charge in [0.15, 0.2) is 0 Å². The molecule has 1 aliphatic heterocycles. The number of hydrogen-bond acceptors (Lipinski definition) is 5. The number of benzene rings is 2. The summed E-state index contributed by atoms with van der Waals surface area (Å²) in [6.07, 6.45) is 3.51. The van der Waals surface area contributed by atoms with E-state index in [2.05, 4.69) is 17.1 Å². The van der Waals surface area contributed by atoms with Gasteiger partial charge in [-0.2, -0.15) is 0 Å². The second kappa shape index (κ2) is 7.72. The number of aromatic nitrogens is 1. The van der Waals surface area contributed by atoms with Gasteiger partial charge in [-0.15, -0.1) is 0 Å². The van der Waals surface area contributed by atoms with Crippen LogP contribution in [0.3, 0.4) is 0 Å². The molecular formula is C21H22N2O3. The predicted octanol–water partition coefficient (Wildman–Crippen LogP) is 3.53. The molecule has 5 heteroatoms. The van der Waals surface area contributed by atoms with E-state index in [1.165, 1.54) is 0 Å². The van der Waals surface area contributed by atoms with Crippen molar-refractivity contribution < 1.29 is 14.2 Å². The van der Waals surface area contributed by atoms with E-state index < -0.39 is 0 Å². The Bertz CT molecular complexity index is 889. The molecule has 0 saturated carbocycles. The minimum Gasteiger partial charge on any atom is -0.492 e. The fourth-order valence-corrected chi connectivity index (χ4v) is 3.23. The molecule has 1 saturated heterocycles. The third kappa shape index (κ3) is 3.49. The molecule has 5 nitrogen and oxygen atoms in total. The lowest BCUT2D eigenvalue weighted by atomic mass is 9.98. The minimum absolute atomic E-state index is 0.241. The molecule has 3 aromatic rings. The van der Waals surface area contributed by atoms with Crippen molar-refractivity contribution in [2.45, 2.75) is 0 Å². The maximum atomic E-state index is 6.15. The first-order valence-electron chi connectivity index (χ1n) is 8.83. The predicted molar refractivity (Wildman–Crippen MR) is 102 cm³/mol. The van der Waals surface area contributed by atoms with Gasteiger partial charge < -0.3 is 19.9 Å². The molecule has 2 N–H and O–H groups in total. The number of pyridine rings is 1. The van der Waals surface area contributed by atoms with Crippen LogP contribution < -0.4 is 10.5 Å².